The van der Waals surface area contributed by atoms with Crippen molar-refractivity contribution in [2.24, 2.45) is 11.0 Å². The third-order valence-electron chi connectivity index (χ3n) is 2.64. The number of halogens is 3. The first-order valence-corrected chi connectivity index (χ1v) is 8.40. The number of hydrogen-bond acceptors (Lipinski definition) is 3. The minimum atomic E-state index is -0.184. The summed E-state index contributed by atoms with van der Waals surface area (Å²) >= 11 is 10.3. The van der Waals surface area contributed by atoms with Crippen LogP contribution in [-0.2, 0) is 4.79 Å². The molecule has 0 spiro atoms. The van der Waals surface area contributed by atoms with Crippen LogP contribution >= 0.6 is 47.8 Å². The van der Waals surface area contributed by atoms with E-state index in [2.05, 4.69) is 63.6 Å². The number of carbonyl (C=O) groups is 1. The Morgan fingerprint density at radius 3 is 2.40 bits per heavy atom. The Morgan fingerprint density at radius 1 is 1.20 bits per heavy atom. The first-order valence-electron chi connectivity index (χ1n) is 6.02. The number of hydrazone groups is 1. The van der Waals surface area contributed by atoms with Crippen molar-refractivity contribution >= 4 is 65.1 Å². The third kappa shape index (κ3) is 5.54. The molecule has 4 nitrogen and oxygen atoms in total. The molecule has 0 saturated heterocycles. The summed E-state index contributed by atoms with van der Waals surface area (Å²) in [6, 6.07) is 3.80. The van der Waals surface area contributed by atoms with E-state index in [9.17, 15) is 4.79 Å². The van der Waals surface area contributed by atoms with Gasteiger partial charge in [0.25, 0.3) is 5.91 Å². The lowest BCUT2D eigenvalue weighted by molar-refractivity contribution is -0.119. The molecule has 0 aliphatic carbocycles. The molecule has 0 fully saturated rings. The second-order valence-electron chi connectivity index (χ2n) is 4.54. The third-order valence-corrected chi connectivity index (χ3v) is 5.14. The van der Waals surface area contributed by atoms with Gasteiger partial charge in [0.15, 0.2) is 0 Å². The molecule has 0 saturated carbocycles. The van der Waals surface area contributed by atoms with Crippen molar-refractivity contribution in [3.05, 3.63) is 25.6 Å². The monoisotopic (exact) mass is 467 g/mol. The van der Waals surface area contributed by atoms with Crippen molar-refractivity contribution in [2.45, 2.75) is 20.8 Å². The summed E-state index contributed by atoms with van der Waals surface area (Å²) in [5.74, 6) is 0.135. The lowest BCUT2D eigenvalue weighted by Gasteiger charge is -2.10. The molecule has 1 aromatic carbocycles. The van der Waals surface area contributed by atoms with Crippen LogP contribution in [0.4, 0.5) is 5.69 Å². The topological polar surface area (TPSA) is 53.5 Å². The van der Waals surface area contributed by atoms with E-state index in [0.717, 1.165) is 24.8 Å². The molecule has 1 aromatic rings. The molecular weight excluding hydrogens is 454 g/mol. The zero-order valence-corrected chi connectivity index (χ0v) is 16.2. The number of anilines is 1. The van der Waals surface area contributed by atoms with Gasteiger partial charge in [0.1, 0.15) is 0 Å². The van der Waals surface area contributed by atoms with Gasteiger partial charge in [0, 0.05) is 19.1 Å². The molecule has 110 valence electrons. The molecule has 0 aliphatic heterocycles. The van der Waals surface area contributed by atoms with Gasteiger partial charge in [0.05, 0.1) is 12.2 Å². The second-order valence-corrected chi connectivity index (χ2v) is 7.11. The van der Waals surface area contributed by atoms with E-state index in [1.54, 1.807) is 0 Å². The van der Waals surface area contributed by atoms with E-state index in [0.29, 0.717) is 5.92 Å². The molecule has 0 bridgehead atoms. The predicted molar refractivity (Wildman–Crippen MR) is 94.1 cm³/mol. The van der Waals surface area contributed by atoms with E-state index < -0.39 is 0 Å². The lowest BCUT2D eigenvalue weighted by Crippen LogP contribution is -2.27. The molecule has 7 heteroatoms. The van der Waals surface area contributed by atoms with Gasteiger partial charge in [-0.25, -0.2) is 5.43 Å². The fourth-order valence-electron chi connectivity index (χ4n) is 1.15. The summed E-state index contributed by atoms with van der Waals surface area (Å²) in [6.45, 7) is 6.10. The van der Waals surface area contributed by atoms with Crippen LogP contribution < -0.4 is 10.7 Å². The number of rotatable bonds is 5. The van der Waals surface area contributed by atoms with Gasteiger partial charge in [-0.15, -0.1) is 0 Å². The summed E-state index contributed by atoms with van der Waals surface area (Å²) in [6.07, 6.45) is 0. The van der Waals surface area contributed by atoms with E-state index in [-0.39, 0.29) is 12.5 Å². The maximum Gasteiger partial charge on any atom is 0.259 e. The number of carbonyl (C=O) groups excluding carboxylic acids is 1. The normalized spacial score (nSPS) is 11.7. The van der Waals surface area contributed by atoms with Crippen LogP contribution in [-0.4, -0.2) is 18.2 Å². The van der Waals surface area contributed by atoms with Gasteiger partial charge in [-0.1, -0.05) is 13.8 Å². The number of nitrogens with zero attached hydrogens (tertiary/aromatic N) is 1. The summed E-state index contributed by atoms with van der Waals surface area (Å²) in [5.41, 5.74) is 4.26. The number of hydrogen-bond donors (Lipinski definition) is 2. The van der Waals surface area contributed by atoms with Gasteiger partial charge in [-0.2, -0.15) is 5.10 Å². The van der Waals surface area contributed by atoms with Gasteiger partial charge in [-0.3, -0.25) is 4.79 Å². The average Bonchev–Trinajstić information content (AvgIpc) is 2.38. The van der Waals surface area contributed by atoms with Gasteiger partial charge in [0.2, 0.25) is 0 Å². The predicted octanol–water partition coefficient (Wildman–Crippen LogP) is 4.53. The molecule has 1 amide bonds. The lowest BCUT2D eigenvalue weighted by atomic mass is 10.1. The van der Waals surface area contributed by atoms with Gasteiger partial charge < -0.3 is 5.32 Å². The molecule has 2 N–H and O–H groups in total. The Balaban J connectivity index is 2.58. The highest BCUT2D eigenvalue weighted by molar-refractivity contribution is 9.13. The minimum Gasteiger partial charge on any atom is -0.375 e. The van der Waals surface area contributed by atoms with Crippen molar-refractivity contribution in [3.8, 4) is 0 Å². The number of amides is 1. The van der Waals surface area contributed by atoms with Crippen molar-refractivity contribution in [2.75, 3.05) is 11.9 Å². The Kier molecular flexibility index (Phi) is 7.19. The largest absolute Gasteiger partial charge is 0.375 e. The second kappa shape index (κ2) is 8.14. The first kappa shape index (κ1) is 17.7. The fourth-order valence-corrected chi connectivity index (χ4v) is 2.63. The minimum absolute atomic E-state index is 0.154. The van der Waals surface area contributed by atoms with Gasteiger partial charge in [-0.05, 0) is 72.8 Å². The summed E-state index contributed by atoms with van der Waals surface area (Å²) in [5, 5.41) is 7.09. The van der Waals surface area contributed by atoms with Crippen LogP contribution in [0.1, 0.15) is 20.8 Å². The van der Waals surface area contributed by atoms with Crippen molar-refractivity contribution in [3.63, 3.8) is 0 Å². The Labute approximate surface area is 144 Å². The van der Waals surface area contributed by atoms with Crippen molar-refractivity contribution in [1.82, 2.24) is 5.43 Å². The van der Waals surface area contributed by atoms with Gasteiger partial charge >= 0.3 is 0 Å². The van der Waals surface area contributed by atoms with E-state index in [1.165, 1.54) is 0 Å². The number of nitrogens with one attached hydrogen (secondary N) is 2. The molecule has 1 rings (SSSR count). The van der Waals surface area contributed by atoms with E-state index in [1.807, 2.05) is 32.9 Å². The first-order chi connectivity index (χ1) is 9.31. The van der Waals surface area contributed by atoms with Crippen LogP contribution in [0.15, 0.2) is 30.7 Å². The Hall–Kier alpha value is -0.400. The quantitative estimate of drug-likeness (QED) is 0.378. The van der Waals surface area contributed by atoms with Crippen LogP contribution in [0.2, 0.25) is 0 Å². The highest BCUT2D eigenvalue weighted by atomic mass is 79.9. The maximum atomic E-state index is 11.7. The molecule has 0 radical (unpaired) electrons. The van der Waals surface area contributed by atoms with Crippen molar-refractivity contribution < 1.29 is 4.79 Å². The van der Waals surface area contributed by atoms with Crippen LogP contribution in [0.5, 0.6) is 0 Å². The maximum absolute atomic E-state index is 11.7. The molecule has 20 heavy (non-hydrogen) atoms. The summed E-state index contributed by atoms with van der Waals surface area (Å²) < 4.78 is 2.73. The average molecular weight is 470 g/mol. The highest BCUT2D eigenvalue weighted by Crippen LogP contribution is 2.32. The Morgan fingerprint density at radius 2 is 1.80 bits per heavy atom. The molecule has 0 unspecified atom stereocenters. The van der Waals surface area contributed by atoms with Crippen LogP contribution in [0.3, 0.4) is 0 Å². The molecule has 0 aromatic heterocycles. The van der Waals surface area contributed by atoms with E-state index in [4.69, 9.17) is 0 Å². The van der Waals surface area contributed by atoms with Crippen molar-refractivity contribution in [1.29, 1.82) is 0 Å². The molecule has 0 heterocycles. The number of benzene rings is 1. The Bertz CT molecular complexity index is 530. The zero-order chi connectivity index (χ0) is 15.3. The van der Waals surface area contributed by atoms with Crippen LogP contribution in [0, 0.1) is 5.92 Å². The molecule has 0 aliphatic rings. The smallest absolute Gasteiger partial charge is 0.259 e. The fraction of sp³-hybridized carbons (Fsp3) is 0.385. The highest BCUT2D eigenvalue weighted by Gasteiger charge is 2.07. The van der Waals surface area contributed by atoms with E-state index >= 15 is 0 Å². The standard InChI is InChI=1S/C13H16Br3N3O/c1-7(2)8(3)18-19-13(20)6-17-12-5-10(15)9(14)4-11(12)16/h4-5,7,17H,6H2,1-3H3,(H,19,20). The zero-order valence-electron chi connectivity index (χ0n) is 11.4. The SMILES string of the molecule is CC(=NNC(=O)CNc1cc(Br)c(Br)cc1Br)C(C)C. The van der Waals surface area contributed by atoms with Crippen LogP contribution in [0.25, 0.3) is 0 Å². The summed E-state index contributed by atoms with van der Waals surface area (Å²) in [4.78, 5) is 11.7. The molecular formula is C13H16Br3N3O. The molecule has 0 atom stereocenters. The summed E-state index contributed by atoms with van der Waals surface area (Å²) in [7, 11) is 0.